The van der Waals surface area contributed by atoms with Crippen LogP contribution in [0.4, 0.5) is 0 Å². The molecule has 0 aromatic heterocycles. The van der Waals surface area contributed by atoms with Crippen molar-refractivity contribution in [2.75, 3.05) is 0 Å². The quantitative estimate of drug-likeness (QED) is 0.482. The summed E-state index contributed by atoms with van der Waals surface area (Å²) in [7, 11) is 0. The van der Waals surface area contributed by atoms with Crippen molar-refractivity contribution in [2.24, 2.45) is 0 Å². The van der Waals surface area contributed by atoms with Crippen molar-refractivity contribution in [3.05, 3.63) is 24.3 Å². The van der Waals surface area contributed by atoms with E-state index in [4.69, 9.17) is 4.74 Å². The van der Waals surface area contributed by atoms with Crippen molar-refractivity contribution in [2.45, 2.75) is 39.7 Å². The summed E-state index contributed by atoms with van der Waals surface area (Å²) in [5.74, 6) is -0.227. The Bertz CT molecular complexity index is 204. The number of allylic oxidation sites excluding steroid dienone is 2. The van der Waals surface area contributed by atoms with Crippen LogP contribution in [-0.4, -0.2) is 12.1 Å². The van der Waals surface area contributed by atoms with Crippen molar-refractivity contribution in [3.8, 4) is 0 Å². The van der Waals surface area contributed by atoms with E-state index in [-0.39, 0.29) is 12.1 Å². The van der Waals surface area contributed by atoms with Crippen LogP contribution >= 0.6 is 0 Å². The van der Waals surface area contributed by atoms with Crippen LogP contribution in [0.3, 0.4) is 0 Å². The maximum atomic E-state index is 10.8. The Hall–Kier alpha value is -1.05. The van der Waals surface area contributed by atoms with Crippen molar-refractivity contribution < 1.29 is 9.53 Å². The molecule has 2 nitrogen and oxygen atoms in total. The van der Waals surface area contributed by atoms with E-state index in [0.29, 0.717) is 0 Å². The summed E-state index contributed by atoms with van der Waals surface area (Å²) in [5.41, 5.74) is 1.09. The zero-order valence-corrected chi connectivity index (χ0v) is 8.67. The standard InChI is InChI=1S/C11H18O2/c1-5-7-8-11(9(3)6-2)13-10(4)12/h5-6,11H,1,7-8H2,2-4H3/b9-6+/t11-/m0/s1. The molecule has 0 spiro atoms. The van der Waals surface area contributed by atoms with E-state index in [2.05, 4.69) is 6.58 Å². The summed E-state index contributed by atoms with van der Waals surface area (Å²) in [6.45, 7) is 8.98. The van der Waals surface area contributed by atoms with E-state index in [0.717, 1.165) is 18.4 Å². The molecular formula is C11H18O2. The lowest BCUT2D eigenvalue weighted by atomic mass is 10.1. The molecule has 74 valence electrons. The molecule has 0 aliphatic carbocycles. The molecule has 0 radical (unpaired) electrons. The number of rotatable bonds is 5. The lowest BCUT2D eigenvalue weighted by Gasteiger charge is -2.16. The molecule has 0 heterocycles. The van der Waals surface area contributed by atoms with Gasteiger partial charge in [-0.25, -0.2) is 0 Å². The van der Waals surface area contributed by atoms with E-state index in [1.54, 1.807) is 0 Å². The van der Waals surface area contributed by atoms with Gasteiger partial charge in [0.05, 0.1) is 0 Å². The van der Waals surface area contributed by atoms with Gasteiger partial charge in [-0.1, -0.05) is 12.2 Å². The zero-order valence-electron chi connectivity index (χ0n) is 8.67. The second kappa shape index (κ2) is 6.46. The van der Waals surface area contributed by atoms with Crippen LogP contribution in [0.25, 0.3) is 0 Å². The predicted octanol–water partition coefficient (Wildman–Crippen LogP) is 2.85. The Kier molecular flexibility index (Phi) is 5.94. The Morgan fingerprint density at radius 2 is 2.15 bits per heavy atom. The summed E-state index contributed by atoms with van der Waals surface area (Å²) in [6, 6.07) is 0. The Morgan fingerprint density at radius 3 is 2.54 bits per heavy atom. The summed E-state index contributed by atoms with van der Waals surface area (Å²) in [6.07, 6.45) is 5.40. The fourth-order valence-corrected chi connectivity index (χ4v) is 1.03. The number of esters is 1. The van der Waals surface area contributed by atoms with Gasteiger partial charge in [-0.3, -0.25) is 4.79 Å². The zero-order chi connectivity index (χ0) is 10.3. The van der Waals surface area contributed by atoms with Gasteiger partial charge in [0, 0.05) is 6.92 Å². The molecule has 0 aliphatic heterocycles. The van der Waals surface area contributed by atoms with Gasteiger partial charge < -0.3 is 4.74 Å². The fraction of sp³-hybridized carbons (Fsp3) is 0.545. The molecular weight excluding hydrogens is 164 g/mol. The molecule has 0 aliphatic rings. The number of carbonyl (C=O) groups excluding carboxylic acids is 1. The first-order valence-electron chi connectivity index (χ1n) is 4.52. The molecule has 0 rings (SSSR count). The second-order valence-corrected chi connectivity index (χ2v) is 3.00. The highest BCUT2D eigenvalue weighted by Gasteiger charge is 2.11. The fourth-order valence-electron chi connectivity index (χ4n) is 1.03. The minimum Gasteiger partial charge on any atom is -0.458 e. The molecule has 0 aromatic rings. The predicted molar refractivity (Wildman–Crippen MR) is 54.4 cm³/mol. The first-order valence-corrected chi connectivity index (χ1v) is 4.52. The molecule has 0 saturated heterocycles. The summed E-state index contributed by atoms with van der Waals surface area (Å²) >= 11 is 0. The van der Waals surface area contributed by atoms with Crippen molar-refractivity contribution in [3.63, 3.8) is 0 Å². The SMILES string of the molecule is C=CCC[C@H](OC(C)=O)/C(C)=C/C. The third-order valence-electron chi connectivity index (χ3n) is 1.90. The molecule has 0 fully saturated rings. The molecule has 1 atom stereocenters. The number of hydrogen-bond donors (Lipinski definition) is 0. The van der Waals surface area contributed by atoms with Gasteiger partial charge in [0.2, 0.25) is 0 Å². The molecule has 0 saturated carbocycles. The van der Waals surface area contributed by atoms with Gasteiger partial charge >= 0.3 is 5.97 Å². The van der Waals surface area contributed by atoms with Crippen LogP contribution in [0.1, 0.15) is 33.6 Å². The third kappa shape index (κ3) is 5.23. The first-order chi connectivity index (χ1) is 6.11. The van der Waals surface area contributed by atoms with Crippen LogP contribution in [0.15, 0.2) is 24.3 Å². The Balaban J connectivity index is 4.18. The van der Waals surface area contributed by atoms with Crippen molar-refractivity contribution in [1.29, 1.82) is 0 Å². The second-order valence-electron chi connectivity index (χ2n) is 3.00. The van der Waals surface area contributed by atoms with E-state index in [9.17, 15) is 4.79 Å². The van der Waals surface area contributed by atoms with E-state index in [1.165, 1.54) is 6.92 Å². The summed E-state index contributed by atoms with van der Waals surface area (Å²) in [4.78, 5) is 10.8. The highest BCUT2D eigenvalue weighted by atomic mass is 16.5. The minimum atomic E-state index is -0.227. The molecule has 0 aromatic carbocycles. The monoisotopic (exact) mass is 182 g/mol. The lowest BCUT2D eigenvalue weighted by molar-refractivity contribution is -0.144. The molecule has 0 unspecified atom stereocenters. The Morgan fingerprint density at radius 1 is 1.54 bits per heavy atom. The van der Waals surface area contributed by atoms with Gasteiger partial charge in [0.25, 0.3) is 0 Å². The average Bonchev–Trinajstić information content (AvgIpc) is 2.10. The first kappa shape index (κ1) is 11.9. The highest BCUT2D eigenvalue weighted by molar-refractivity contribution is 5.66. The summed E-state index contributed by atoms with van der Waals surface area (Å²) < 4.78 is 5.15. The van der Waals surface area contributed by atoms with Gasteiger partial charge in [-0.05, 0) is 32.3 Å². The maximum absolute atomic E-state index is 10.8. The van der Waals surface area contributed by atoms with Crippen LogP contribution in [0, 0.1) is 0 Å². The van der Waals surface area contributed by atoms with Crippen LogP contribution < -0.4 is 0 Å². The lowest BCUT2D eigenvalue weighted by Crippen LogP contribution is -2.17. The molecule has 2 heteroatoms. The van der Waals surface area contributed by atoms with Crippen LogP contribution in [0.5, 0.6) is 0 Å². The van der Waals surface area contributed by atoms with Crippen molar-refractivity contribution >= 4 is 5.97 Å². The minimum absolute atomic E-state index is 0.0829. The number of ether oxygens (including phenoxy) is 1. The van der Waals surface area contributed by atoms with E-state index < -0.39 is 0 Å². The number of hydrogen-bond acceptors (Lipinski definition) is 2. The largest absolute Gasteiger partial charge is 0.458 e. The third-order valence-corrected chi connectivity index (χ3v) is 1.90. The molecule has 0 N–H and O–H groups in total. The normalized spacial score (nSPS) is 13.6. The maximum Gasteiger partial charge on any atom is 0.303 e. The molecule has 0 amide bonds. The van der Waals surface area contributed by atoms with Crippen LogP contribution in [-0.2, 0) is 9.53 Å². The Labute approximate surface area is 80.3 Å². The molecule has 0 bridgehead atoms. The average molecular weight is 182 g/mol. The smallest absolute Gasteiger partial charge is 0.303 e. The van der Waals surface area contributed by atoms with Gasteiger partial charge in [0.1, 0.15) is 6.10 Å². The molecule has 13 heavy (non-hydrogen) atoms. The summed E-state index contributed by atoms with van der Waals surface area (Å²) in [5, 5.41) is 0. The van der Waals surface area contributed by atoms with E-state index in [1.807, 2.05) is 26.0 Å². The van der Waals surface area contributed by atoms with E-state index >= 15 is 0 Å². The van der Waals surface area contributed by atoms with Gasteiger partial charge in [0.15, 0.2) is 0 Å². The van der Waals surface area contributed by atoms with Gasteiger partial charge in [-0.2, -0.15) is 0 Å². The highest BCUT2D eigenvalue weighted by Crippen LogP contribution is 2.13. The number of carbonyl (C=O) groups is 1. The van der Waals surface area contributed by atoms with Crippen LogP contribution in [0.2, 0.25) is 0 Å². The van der Waals surface area contributed by atoms with Crippen molar-refractivity contribution in [1.82, 2.24) is 0 Å². The topological polar surface area (TPSA) is 26.3 Å². The van der Waals surface area contributed by atoms with Gasteiger partial charge in [-0.15, -0.1) is 6.58 Å².